The molecule has 0 saturated heterocycles. The van der Waals surface area contributed by atoms with Crippen molar-refractivity contribution in [1.29, 1.82) is 0 Å². The van der Waals surface area contributed by atoms with Gasteiger partial charge in [-0.15, -0.1) is 0 Å². The largest absolute Gasteiger partial charge is 0.464 e. The van der Waals surface area contributed by atoms with Crippen molar-refractivity contribution < 1.29 is 23.1 Å². The highest BCUT2D eigenvalue weighted by molar-refractivity contribution is 7.53. The molecule has 0 bridgehead atoms. The van der Waals surface area contributed by atoms with Crippen LogP contribution in [-0.2, 0) is 13.6 Å². The van der Waals surface area contributed by atoms with Gasteiger partial charge < -0.3 is 18.6 Å². The number of fused-ring (bicyclic) bond motifs is 1. The first-order chi connectivity index (χ1) is 9.42. The van der Waals surface area contributed by atoms with E-state index in [4.69, 9.17) is 16.0 Å². The van der Waals surface area contributed by atoms with Gasteiger partial charge in [0.15, 0.2) is 11.3 Å². The molecule has 0 spiro atoms. The summed E-state index contributed by atoms with van der Waals surface area (Å²) in [5, 5.41) is 10.6. The number of halogens is 1. The van der Waals surface area contributed by atoms with Crippen LogP contribution >= 0.6 is 19.2 Å². The molecule has 20 heavy (non-hydrogen) atoms. The highest BCUT2D eigenvalue weighted by Gasteiger charge is 2.36. The van der Waals surface area contributed by atoms with E-state index in [-0.39, 0.29) is 10.9 Å². The van der Waals surface area contributed by atoms with Crippen LogP contribution in [0.15, 0.2) is 33.7 Å². The summed E-state index contributed by atoms with van der Waals surface area (Å²) in [5.41, 5.74) is -0.456. The lowest BCUT2D eigenvalue weighted by Gasteiger charge is -2.19. The van der Waals surface area contributed by atoms with Crippen LogP contribution in [-0.4, -0.2) is 19.3 Å². The van der Waals surface area contributed by atoms with Gasteiger partial charge in [0.2, 0.25) is 0 Å². The standard InChI is InChI=1S/C12H12ClO6P/c1-17-20(16,18-2)12(15)9-6-19-10-4-3-7(13)5-8(10)11(9)14/h3-6,12,15H,1-2H3. The Morgan fingerprint density at radius 1 is 1.35 bits per heavy atom. The van der Waals surface area contributed by atoms with E-state index in [1.807, 2.05) is 0 Å². The molecule has 1 atom stereocenters. The van der Waals surface area contributed by atoms with Gasteiger partial charge in [0.25, 0.3) is 0 Å². The first-order valence-electron chi connectivity index (χ1n) is 5.53. The molecule has 1 N–H and O–H groups in total. The van der Waals surface area contributed by atoms with Crippen LogP contribution in [0.2, 0.25) is 5.02 Å². The summed E-state index contributed by atoms with van der Waals surface area (Å²) in [7, 11) is -1.61. The molecule has 6 nitrogen and oxygen atoms in total. The van der Waals surface area contributed by atoms with E-state index in [0.29, 0.717) is 10.6 Å². The average molecular weight is 319 g/mol. The molecule has 0 saturated carbocycles. The molecule has 1 aromatic heterocycles. The van der Waals surface area contributed by atoms with Crippen molar-refractivity contribution in [1.82, 2.24) is 0 Å². The van der Waals surface area contributed by atoms with Gasteiger partial charge >= 0.3 is 7.60 Å². The fourth-order valence-corrected chi connectivity index (χ4v) is 2.98. The number of rotatable bonds is 4. The molecular weight excluding hydrogens is 307 g/mol. The van der Waals surface area contributed by atoms with E-state index in [1.165, 1.54) is 12.1 Å². The molecule has 0 aliphatic rings. The Kier molecular flexibility index (Phi) is 4.32. The maximum absolute atomic E-state index is 12.3. The summed E-state index contributed by atoms with van der Waals surface area (Å²) in [6, 6.07) is 4.50. The number of benzene rings is 1. The van der Waals surface area contributed by atoms with Crippen LogP contribution in [0.25, 0.3) is 11.0 Å². The monoisotopic (exact) mass is 318 g/mol. The number of hydrogen-bond donors (Lipinski definition) is 1. The maximum Gasteiger partial charge on any atom is 0.363 e. The van der Waals surface area contributed by atoms with Gasteiger partial charge in [-0.2, -0.15) is 0 Å². The molecule has 1 unspecified atom stereocenters. The van der Waals surface area contributed by atoms with Crippen LogP contribution in [0.1, 0.15) is 11.4 Å². The van der Waals surface area contributed by atoms with E-state index in [1.54, 1.807) is 6.07 Å². The van der Waals surface area contributed by atoms with Gasteiger partial charge in [-0.05, 0) is 18.2 Å². The second kappa shape index (κ2) is 5.68. The summed E-state index contributed by atoms with van der Waals surface area (Å²) in [4.78, 5) is 12.3. The van der Waals surface area contributed by atoms with E-state index >= 15 is 0 Å². The van der Waals surface area contributed by atoms with Crippen molar-refractivity contribution in [3.8, 4) is 0 Å². The van der Waals surface area contributed by atoms with Crippen LogP contribution < -0.4 is 5.43 Å². The van der Waals surface area contributed by atoms with Crippen molar-refractivity contribution >= 4 is 30.2 Å². The Morgan fingerprint density at radius 2 is 2.00 bits per heavy atom. The summed E-state index contributed by atoms with van der Waals surface area (Å²) in [5.74, 6) is -1.74. The number of aliphatic hydroxyl groups is 1. The molecule has 0 radical (unpaired) electrons. The predicted octanol–water partition coefficient (Wildman–Crippen LogP) is 2.92. The van der Waals surface area contributed by atoms with E-state index in [0.717, 1.165) is 20.5 Å². The molecule has 8 heteroatoms. The Balaban J connectivity index is 2.64. The van der Waals surface area contributed by atoms with Gasteiger partial charge in [-0.25, -0.2) is 0 Å². The summed E-state index contributed by atoms with van der Waals surface area (Å²) >= 11 is 5.82. The van der Waals surface area contributed by atoms with Gasteiger partial charge in [-0.3, -0.25) is 9.36 Å². The molecule has 108 valence electrons. The zero-order chi connectivity index (χ0) is 14.9. The van der Waals surface area contributed by atoms with Crippen molar-refractivity contribution in [2.75, 3.05) is 14.2 Å². The highest BCUT2D eigenvalue weighted by Crippen LogP contribution is 2.57. The average Bonchev–Trinajstić information content (AvgIpc) is 2.46. The molecule has 2 rings (SSSR count). The highest BCUT2D eigenvalue weighted by atomic mass is 35.5. The van der Waals surface area contributed by atoms with Crippen molar-refractivity contribution in [3.63, 3.8) is 0 Å². The third-order valence-corrected chi connectivity index (χ3v) is 4.98. The van der Waals surface area contributed by atoms with Gasteiger partial charge in [0, 0.05) is 19.2 Å². The first kappa shape index (κ1) is 15.2. The van der Waals surface area contributed by atoms with Gasteiger partial charge in [0.1, 0.15) is 11.8 Å². The van der Waals surface area contributed by atoms with Crippen molar-refractivity contribution in [2.24, 2.45) is 0 Å². The SMILES string of the molecule is COP(=O)(OC)C(O)c1coc2ccc(Cl)cc2c1=O. The second-order valence-electron chi connectivity index (χ2n) is 3.94. The topological polar surface area (TPSA) is 86.0 Å². The molecule has 0 aliphatic carbocycles. The molecule has 1 aromatic carbocycles. The third-order valence-electron chi connectivity index (χ3n) is 2.85. The molecular formula is C12H12ClO6P. The van der Waals surface area contributed by atoms with Crippen LogP contribution in [0, 0.1) is 0 Å². The Bertz CT molecular complexity index is 732. The molecule has 1 heterocycles. The lowest BCUT2D eigenvalue weighted by atomic mass is 10.2. The molecule has 0 fully saturated rings. The lowest BCUT2D eigenvalue weighted by Crippen LogP contribution is -2.14. The van der Waals surface area contributed by atoms with Gasteiger partial charge in [-0.1, -0.05) is 11.6 Å². The van der Waals surface area contributed by atoms with Crippen molar-refractivity contribution in [3.05, 3.63) is 45.3 Å². The zero-order valence-electron chi connectivity index (χ0n) is 10.7. The van der Waals surface area contributed by atoms with E-state index in [9.17, 15) is 14.5 Å². The van der Waals surface area contributed by atoms with Crippen LogP contribution in [0.5, 0.6) is 0 Å². The maximum atomic E-state index is 12.3. The van der Waals surface area contributed by atoms with Crippen LogP contribution in [0.4, 0.5) is 0 Å². The minimum Gasteiger partial charge on any atom is -0.464 e. The van der Waals surface area contributed by atoms with Gasteiger partial charge in [0.05, 0.1) is 10.9 Å². The Labute approximate surface area is 119 Å². The molecule has 2 aromatic rings. The fraction of sp³-hybridized carbons (Fsp3) is 0.250. The fourth-order valence-electron chi connectivity index (χ4n) is 1.74. The van der Waals surface area contributed by atoms with Crippen molar-refractivity contribution in [2.45, 2.75) is 5.85 Å². The normalized spacial score (nSPS) is 13.6. The summed E-state index contributed by atoms with van der Waals surface area (Å²) < 4.78 is 26.7. The molecule has 0 aliphatic heterocycles. The third kappa shape index (κ3) is 2.53. The number of aliphatic hydroxyl groups excluding tert-OH is 1. The first-order valence-corrected chi connectivity index (χ1v) is 7.52. The summed E-state index contributed by atoms with van der Waals surface area (Å²) in [6.07, 6.45) is 1.04. The summed E-state index contributed by atoms with van der Waals surface area (Å²) in [6.45, 7) is 0. The Hall–Kier alpha value is -1.17. The minimum absolute atomic E-state index is 0.174. The van der Waals surface area contributed by atoms with Crippen LogP contribution in [0.3, 0.4) is 0 Å². The minimum atomic E-state index is -3.85. The quantitative estimate of drug-likeness (QED) is 0.872. The second-order valence-corrected chi connectivity index (χ2v) is 6.67. The number of hydrogen-bond acceptors (Lipinski definition) is 6. The van der Waals surface area contributed by atoms with E-state index in [2.05, 4.69) is 9.05 Å². The zero-order valence-corrected chi connectivity index (χ0v) is 12.4. The Morgan fingerprint density at radius 3 is 2.60 bits per heavy atom. The molecule has 0 amide bonds. The predicted molar refractivity (Wildman–Crippen MR) is 74.1 cm³/mol. The smallest absolute Gasteiger partial charge is 0.363 e. The lowest BCUT2D eigenvalue weighted by molar-refractivity contribution is 0.174. The van der Waals surface area contributed by atoms with E-state index < -0.39 is 18.9 Å².